The van der Waals surface area contributed by atoms with Crippen LogP contribution in [0.2, 0.25) is 0 Å². The Balaban J connectivity index is 2.33. The van der Waals surface area contributed by atoms with Crippen molar-refractivity contribution in [2.24, 2.45) is 0 Å². The van der Waals surface area contributed by atoms with E-state index < -0.39 is 59.8 Å². The number of carbonyl (C=O) groups excluding carboxylic acids is 1. The highest BCUT2D eigenvalue weighted by molar-refractivity contribution is 7.80. The van der Waals surface area contributed by atoms with E-state index in [0.29, 0.717) is 13.0 Å². The fourth-order valence-corrected chi connectivity index (χ4v) is 8.13. The first kappa shape index (κ1) is 63.3. The molecule has 13 heteroatoms. The maximum absolute atomic E-state index is 12.9. The van der Waals surface area contributed by atoms with Gasteiger partial charge in [0.15, 0.2) is 6.29 Å². The summed E-state index contributed by atoms with van der Waals surface area (Å²) >= 11 is 0. The monoisotopic (exact) mass is 979 g/mol. The van der Waals surface area contributed by atoms with Gasteiger partial charge in [0.1, 0.15) is 30.5 Å². The highest BCUT2D eigenvalue weighted by Crippen LogP contribution is 2.26. The van der Waals surface area contributed by atoms with E-state index >= 15 is 0 Å². The van der Waals surface area contributed by atoms with Gasteiger partial charge in [-0.05, 0) is 83.5 Å². The van der Waals surface area contributed by atoms with Crippen molar-refractivity contribution in [3.8, 4) is 0 Å². The molecular weight excluding hydrogens is 885 g/mol. The molecule has 392 valence electrons. The minimum Gasteiger partial charge on any atom is -0.457 e. The quantitative estimate of drug-likeness (QED) is 0.0197. The second kappa shape index (κ2) is 45.4. The average molecular weight is 979 g/mol. The molecule has 0 aliphatic carbocycles. The number of esters is 1. The SMILES string of the molecule is CC/C=C\C/C=C\C/C=C\C/C=C\CCCCCCCCCCCCCCC(=O)OC(COCCCCCCCC/C=C\C/C=C\C/C=C\CC)COC1OC(CO)C(O)C(OS(=O)(=O)O)C1O. The van der Waals surface area contributed by atoms with Crippen LogP contribution in [0.5, 0.6) is 0 Å². The summed E-state index contributed by atoms with van der Waals surface area (Å²) in [6, 6.07) is 0. The van der Waals surface area contributed by atoms with Crippen LogP contribution in [0.1, 0.15) is 194 Å². The number of rotatable bonds is 45. The molecule has 0 aromatic carbocycles. The Labute approximate surface area is 413 Å². The van der Waals surface area contributed by atoms with Gasteiger partial charge in [0.05, 0.1) is 19.8 Å². The van der Waals surface area contributed by atoms with Crippen molar-refractivity contribution >= 4 is 16.4 Å². The molecule has 1 fully saturated rings. The summed E-state index contributed by atoms with van der Waals surface area (Å²) in [4.78, 5) is 12.9. The Kier molecular flexibility index (Phi) is 42.3. The molecule has 1 aliphatic heterocycles. The fourth-order valence-electron chi connectivity index (χ4n) is 7.62. The predicted octanol–water partition coefficient (Wildman–Crippen LogP) is 12.4. The van der Waals surface area contributed by atoms with E-state index in [0.717, 1.165) is 103 Å². The van der Waals surface area contributed by atoms with Gasteiger partial charge in [0.25, 0.3) is 0 Å². The van der Waals surface area contributed by atoms with Crippen LogP contribution < -0.4 is 0 Å². The topological polar surface area (TPSA) is 178 Å². The molecule has 12 nitrogen and oxygen atoms in total. The van der Waals surface area contributed by atoms with Gasteiger partial charge in [0, 0.05) is 13.0 Å². The van der Waals surface area contributed by atoms with Crippen molar-refractivity contribution in [2.75, 3.05) is 26.4 Å². The average Bonchev–Trinajstić information content (AvgIpc) is 3.31. The fraction of sp³-hybridized carbons (Fsp3) is 0.727. The first-order valence-electron chi connectivity index (χ1n) is 26.3. The van der Waals surface area contributed by atoms with Gasteiger partial charge in [-0.1, -0.05) is 189 Å². The van der Waals surface area contributed by atoms with Crippen molar-refractivity contribution in [3.05, 3.63) is 85.1 Å². The van der Waals surface area contributed by atoms with Crippen molar-refractivity contribution in [1.29, 1.82) is 0 Å². The molecule has 0 aromatic heterocycles. The molecule has 6 atom stereocenters. The van der Waals surface area contributed by atoms with Crippen molar-refractivity contribution in [3.63, 3.8) is 0 Å². The van der Waals surface area contributed by atoms with Crippen LogP contribution >= 0.6 is 0 Å². The minimum absolute atomic E-state index is 0.0224. The number of hydrogen-bond donors (Lipinski definition) is 4. The summed E-state index contributed by atoms with van der Waals surface area (Å²) in [6.45, 7) is 3.74. The third kappa shape index (κ3) is 38.1. The maximum Gasteiger partial charge on any atom is 0.397 e. The Morgan fingerprint density at radius 2 is 0.971 bits per heavy atom. The van der Waals surface area contributed by atoms with E-state index in [1.807, 2.05) is 0 Å². The van der Waals surface area contributed by atoms with Crippen molar-refractivity contribution in [1.82, 2.24) is 0 Å². The molecule has 0 radical (unpaired) electrons. The lowest BCUT2D eigenvalue weighted by Gasteiger charge is -2.41. The lowest BCUT2D eigenvalue weighted by atomic mass is 9.99. The number of unbranched alkanes of at least 4 members (excludes halogenated alkanes) is 18. The van der Waals surface area contributed by atoms with Gasteiger partial charge >= 0.3 is 16.4 Å². The smallest absolute Gasteiger partial charge is 0.397 e. The van der Waals surface area contributed by atoms with E-state index in [2.05, 4.69) is 103 Å². The standard InChI is InChI=1S/C55H94O12S/c1-3-5-7-9-11-13-15-17-19-21-22-23-24-25-26-27-28-29-30-32-34-36-38-40-42-44-51(57)65-49(48-64-55-53(59)54(67-68(60,61)62)52(58)50(46-56)66-55)47-63-45-43-41-39-37-35-33-31-20-18-16-14-12-10-8-6-4-2/h5-8,11-14,17-20,22-23,49-50,52-56,58-59H,3-4,9-10,15-16,21,24-48H2,1-2H3,(H,60,61,62)/b7-5-,8-6-,13-11-,14-12-,19-17-,20-18-,23-22-. The van der Waals surface area contributed by atoms with Crippen LogP contribution in [0.4, 0.5) is 0 Å². The Morgan fingerprint density at radius 3 is 1.41 bits per heavy atom. The molecule has 0 amide bonds. The van der Waals surface area contributed by atoms with Crippen LogP contribution in [0.15, 0.2) is 85.1 Å². The molecule has 0 bridgehead atoms. The summed E-state index contributed by atoms with van der Waals surface area (Å²) in [5.74, 6) is -0.409. The molecule has 1 saturated heterocycles. The zero-order valence-electron chi connectivity index (χ0n) is 42.1. The van der Waals surface area contributed by atoms with Crippen LogP contribution in [0.25, 0.3) is 0 Å². The second-order valence-electron chi connectivity index (χ2n) is 17.7. The van der Waals surface area contributed by atoms with Gasteiger partial charge in [-0.3, -0.25) is 9.35 Å². The lowest BCUT2D eigenvalue weighted by molar-refractivity contribution is -0.301. The van der Waals surface area contributed by atoms with E-state index in [1.165, 1.54) is 64.2 Å². The molecule has 0 saturated carbocycles. The predicted molar refractivity (Wildman–Crippen MR) is 275 cm³/mol. The molecule has 68 heavy (non-hydrogen) atoms. The summed E-state index contributed by atoms with van der Waals surface area (Å²) in [6.07, 6.45) is 51.9. The van der Waals surface area contributed by atoms with Gasteiger partial charge in [-0.15, -0.1) is 0 Å². The third-order valence-electron chi connectivity index (χ3n) is 11.5. The van der Waals surface area contributed by atoms with E-state index in [9.17, 15) is 33.1 Å². The van der Waals surface area contributed by atoms with Crippen LogP contribution in [-0.2, 0) is 38.3 Å². The molecule has 1 heterocycles. The van der Waals surface area contributed by atoms with E-state index in [-0.39, 0.29) is 19.6 Å². The number of aliphatic hydroxyl groups excluding tert-OH is 3. The van der Waals surface area contributed by atoms with Gasteiger partial charge in [-0.25, -0.2) is 4.18 Å². The second-order valence-corrected chi connectivity index (χ2v) is 18.7. The van der Waals surface area contributed by atoms with Gasteiger partial charge < -0.3 is 34.3 Å². The first-order chi connectivity index (χ1) is 33.1. The van der Waals surface area contributed by atoms with Crippen LogP contribution in [0, 0.1) is 0 Å². The number of hydrogen-bond acceptors (Lipinski definition) is 11. The largest absolute Gasteiger partial charge is 0.457 e. The van der Waals surface area contributed by atoms with E-state index in [4.69, 9.17) is 18.9 Å². The molecule has 0 spiro atoms. The van der Waals surface area contributed by atoms with Gasteiger partial charge in [0.2, 0.25) is 0 Å². The highest BCUT2D eigenvalue weighted by Gasteiger charge is 2.48. The highest BCUT2D eigenvalue weighted by atomic mass is 32.3. The van der Waals surface area contributed by atoms with Crippen molar-refractivity contribution < 1.29 is 56.2 Å². The zero-order chi connectivity index (χ0) is 49.6. The lowest BCUT2D eigenvalue weighted by Crippen LogP contribution is -2.60. The number of aliphatic hydroxyl groups is 3. The van der Waals surface area contributed by atoms with Gasteiger partial charge in [-0.2, -0.15) is 8.42 Å². The van der Waals surface area contributed by atoms with E-state index in [1.54, 1.807) is 0 Å². The number of ether oxygens (including phenoxy) is 4. The Hall–Kier alpha value is -2.72. The Bertz CT molecular complexity index is 1500. The number of allylic oxidation sites excluding steroid dienone is 14. The molecule has 0 aromatic rings. The minimum atomic E-state index is -5.07. The maximum atomic E-state index is 12.9. The molecule has 6 unspecified atom stereocenters. The molecule has 1 rings (SSSR count). The zero-order valence-corrected chi connectivity index (χ0v) is 43.0. The normalized spacial score (nSPS) is 20.0. The first-order valence-corrected chi connectivity index (χ1v) is 27.7. The third-order valence-corrected chi connectivity index (χ3v) is 12.0. The molecule has 1 aliphatic rings. The van der Waals surface area contributed by atoms with Crippen LogP contribution in [0.3, 0.4) is 0 Å². The summed E-state index contributed by atoms with van der Waals surface area (Å²) in [5.41, 5.74) is 0. The number of carbonyl (C=O) groups is 1. The summed E-state index contributed by atoms with van der Waals surface area (Å²) < 4.78 is 59.3. The Morgan fingerprint density at radius 1 is 0.559 bits per heavy atom. The molecular formula is C55H94O12S. The van der Waals surface area contributed by atoms with Crippen molar-refractivity contribution in [2.45, 2.75) is 230 Å². The summed E-state index contributed by atoms with van der Waals surface area (Å²) in [7, 11) is -5.07. The van der Waals surface area contributed by atoms with Crippen LogP contribution in [-0.4, -0.2) is 97.5 Å². The molecule has 4 N–H and O–H groups in total. The summed E-state index contributed by atoms with van der Waals surface area (Å²) in [5, 5.41) is 30.8.